The average Bonchev–Trinajstić information content (AvgIpc) is 2.45. The van der Waals surface area contributed by atoms with Crippen molar-refractivity contribution in [3.63, 3.8) is 0 Å². The Balaban J connectivity index is 0. The number of carbonyl (C=O) groups is 2. The summed E-state index contributed by atoms with van der Waals surface area (Å²) >= 11 is 0. The fourth-order valence-corrected chi connectivity index (χ4v) is 1.40. The molecule has 0 amide bonds. The number of carboxylic acids is 1. The molecule has 0 spiro atoms. The minimum absolute atomic E-state index is 0.116. The molecular formula is C15H30O6. The second-order valence-electron chi connectivity index (χ2n) is 4.83. The maximum Gasteiger partial charge on any atom is 0.305 e. The molecule has 0 aliphatic carbocycles. The van der Waals surface area contributed by atoms with Crippen LogP contribution in [0.1, 0.15) is 65.2 Å². The maximum atomic E-state index is 10.6. The quantitative estimate of drug-likeness (QED) is 0.399. The van der Waals surface area contributed by atoms with Crippen LogP contribution in [0.4, 0.5) is 0 Å². The lowest BCUT2D eigenvalue weighted by Crippen LogP contribution is -2.21. The number of esters is 1. The lowest BCUT2D eigenvalue weighted by Gasteiger charge is -2.07. The van der Waals surface area contributed by atoms with Crippen LogP contribution in [0.15, 0.2) is 0 Å². The molecule has 0 aromatic rings. The van der Waals surface area contributed by atoms with Gasteiger partial charge in [0.15, 0.2) is 0 Å². The normalized spacial score (nSPS) is 11.2. The van der Waals surface area contributed by atoms with Crippen molar-refractivity contribution in [1.82, 2.24) is 0 Å². The maximum absolute atomic E-state index is 10.6. The van der Waals surface area contributed by atoms with E-state index >= 15 is 0 Å². The van der Waals surface area contributed by atoms with Crippen molar-refractivity contribution >= 4 is 11.9 Å². The van der Waals surface area contributed by atoms with Gasteiger partial charge in [0, 0.05) is 12.8 Å². The first-order valence-corrected chi connectivity index (χ1v) is 7.64. The van der Waals surface area contributed by atoms with Gasteiger partial charge in [0.25, 0.3) is 0 Å². The molecular weight excluding hydrogens is 276 g/mol. The molecule has 0 saturated carbocycles. The first-order chi connectivity index (χ1) is 9.97. The highest BCUT2D eigenvalue weighted by Gasteiger charge is 2.05. The van der Waals surface area contributed by atoms with Crippen LogP contribution in [-0.4, -0.2) is 46.6 Å². The first-order valence-electron chi connectivity index (χ1n) is 7.64. The molecule has 0 aromatic carbocycles. The van der Waals surface area contributed by atoms with Gasteiger partial charge in [-0.25, -0.2) is 0 Å². The highest BCUT2D eigenvalue weighted by Crippen LogP contribution is 2.04. The largest absolute Gasteiger partial charge is 0.481 e. The van der Waals surface area contributed by atoms with Crippen molar-refractivity contribution in [2.24, 2.45) is 0 Å². The number of hydrogen-bond acceptors (Lipinski definition) is 5. The van der Waals surface area contributed by atoms with Crippen molar-refractivity contribution in [3.8, 4) is 0 Å². The number of rotatable bonds is 11. The van der Waals surface area contributed by atoms with Gasteiger partial charge in [-0.3, -0.25) is 9.59 Å². The smallest absolute Gasteiger partial charge is 0.305 e. The topological polar surface area (TPSA) is 104 Å². The molecule has 0 radical (unpaired) electrons. The molecule has 0 aromatic heterocycles. The van der Waals surface area contributed by atoms with Crippen LogP contribution in [0.25, 0.3) is 0 Å². The Morgan fingerprint density at radius 1 is 1.00 bits per heavy atom. The first kappa shape index (κ1) is 22.1. The molecule has 0 bridgehead atoms. The average molecular weight is 306 g/mol. The Bertz CT molecular complexity index is 255. The van der Waals surface area contributed by atoms with E-state index in [4.69, 9.17) is 15.3 Å². The van der Waals surface area contributed by atoms with E-state index in [9.17, 15) is 9.59 Å². The van der Waals surface area contributed by atoms with Gasteiger partial charge in [-0.2, -0.15) is 0 Å². The van der Waals surface area contributed by atoms with Crippen molar-refractivity contribution < 1.29 is 29.6 Å². The van der Waals surface area contributed by atoms with Crippen LogP contribution in [-0.2, 0) is 14.3 Å². The van der Waals surface area contributed by atoms with E-state index < -0.39 is 12.1 Å². The fourth-order valence-electron chi connectivity index (χ4n) is 1.40. The van der Waals surface area contributed by atoms with E-state index in [1.165, 1.54) is 19.3 Å². The molecule has 0 fully saturated rings. The van der Waals surface area contributed by atoms with E-state index in [1.807, 2.05) is 6.92 Å². The van der Waals surface area contributed by atoms with Crippen LogP contribution in [0.5, 0.6) is 0 Å². The second-order valence-corrected chi connectivity index (χ2v) is 4.83. The molecule has 1 unspecified atom stereocenters. The van der Waals surface area contributed by atoms with Gasteiger partial charge in [0.05, 0.1) is 6.61 Å². The molecule has 1 atom stereocenters. The number of carboxylic acid groups (broad SMARTS) is 1. The van der Waals surface area contributed by atoms with Crippen molar-refractivity contribution in [2.75, 3.05) is 13.2 Å². The summed E-state index contributed by atoms with van der Waals surface area (Å²) in [7, 11) is 0. The van der Waals surface area contributed by atoms with Gasteiger partial charge >= 0.3 is 11.9 Å². The third kappa shape index (κ3) is 21.3. The number of unbranched alkanes of at least 4 members (excludes halogenated alkanes) is 4. The molecule has 0 heterocycles. The predicted octanol–water partition coefficient (Wildman–Crippen LogP) is 2.11. The Morgan fingerprint density at radius 3 is 2.10 bits per heavy atom. The summed E-state index contributed by atoms with van der Waals surface area (Å²) in [5.74, 6) is -1.00. The summed E-state index contributed by atoms with van der Waals surface area (Å²) in [6.45, 7) is 3.52. The summed E-state index contributed by atoms with van der Waals surface area (Å²) in [5.41, 5.74) is 0. The molecule has 0 saturated heterocycles. The lowest BCUT2D eigenvalue weighted by molar-refractivity contribution is -0.147. The summed E-state index contributed by atoms with van der Waals surface area (Å²) in [6.07, 6.45) is 6.03. The Kier molecular flexibility index (Phi) is 17.8. The SMILES string of the molecule is CCCC(=O)OCC(O)CO.CCCCCCCC(=O)O. The van der Waals surface area contributed by atoms with Gasteiger partial charge in [0.2, 0.25) is 0 Å². The number of aliphatic carboxylic acids is 1. The number of carbonyl (C=O) groups excluding carboxylic acids is 1. The monoisotopic (exact) mass is 306 g/mol. The van der Waals surface area contributed by atoms with Gasteiger partial charge in [-0.05, 0) is 12.8 Å². The fraction of sp³-hybridized carbons (Fsp3) is 0.867. The highest BCUT2D eigenvalue weighted by molar-refractivity contribution is 5.69. The number of aliphatic hydroxyl groups is 2. The predicted molar refractivity (Wildman–Crippen MR) is 80.0 cm³/mol. The van der Waals surface area contributed by atoms with Crippen LogP contribution >= 0.6 is 0 Å². The van der Waals surface area contributed by atoms with Crippen molar-refractivity contribution in [2.45, 2.75) is 71.3 Å². The Labute approximate surface area is 127 Å². The van der Waals surface area contributed by atoms with Crippen LogP contribution in [0.3, 0.4) is 0 Å². The molecule has 0 rings (SSSR count). The Hall–Kier alpha value is -1.14. The third-order valence-corrected chi connectivity index (χ3v) is 2.60. The van der Waals surface area contributed by atoms with Gasteiger partial charge in [-0.1, -0.05) is 39.5 Å². The lowest BCUT2D eigenvalue weighted by atomic mass is 10.1. The van der Waals surface area contributed by atoms with E-state index in [0.29, 0.717) is 12.8 Å². The zero-order chi connectivity index (χ0) is 16.5. The minimum atomic E-state index is -0.948. The van der Waals surface area contributed by atoms with E-state index in [-0.39, 0.29) is 19.2 Å². The summed E-state index contributed by atoms with van der Waals surface area (Å²) in [6, 6.07) is 0. The summed E-state index contributed by atoms with van der Waals surface area (Å²) in [5, 5.41) is 25.4. The summed E-state index contributed by atoms with van der Waals surface area (Å²) in [4.78, 5) is 20.7. The number of hydrogen-bond donors (Lipinski definition) is 3. The second kappa shape index (κ2) is 16.9. The van der Waals surface area contributed by atoms with Crippen LogP contribution in [0, 0.1) is 0 Å². The molecule has 0 aliphatic heterocycles. The number of ether oxygens (including phenoxy) is 1. The Morgan fingerprint density at radius 2 is 1.62 bits per heavy atom. The van der Waals surface area contributed by atoms with Gasteiger partial charge < -0.3 is 20.1 Å². The molecule has 21 heavy (non-hydrogen) atoms. The number of aliphatic hydroxyl groups excluding tert-OH is 2. The molecule has 6 heteroatoms. The van der Waals surface area contributed by atoms with E-state index in [2.05, 4.69) is 11.7 Å². The van der Waals surface area contributed by atoms with E-state index in [1.54, 1.807) is 0 Å². The molecule has 0 aliphatic rings. The minimum Gasteiger partial charge on any atom is -0.481 e. The van der Waals surface area contributed by atoms with E-state index in [0.717, 1.165) is 19.3 Å². The molecule has 6 nitrogen and oxygen atoms in total. The van der Waals surface area contributed by atoms with Gasteiger partial charge in [-0.15, -0.1) is 0 Å². The van der Waals surface area contributed by atoms with Crippen LogP contribution < -0.4 is 0 Å². The molecule has 126 valence electrons. The summed E-state index contributed by atoms with van der Waals surface area (Å²) < 4.78 is 4.59. The van der Waals surface area contributed by atoms with Gasteiger partial charge in [0.1, 0.15) is 12.7 Å². The highest BCUT2D eigenvalue weighted by atomic mass is 16.5. The zero-order valence-corrected chi connectivity index (χ0v) is 13.2. The molecule has 3 N–H and O–H groups in total. The third-order valence-electron chi connectivity index (χ3n) is 2.60. The van der Waals surface area contributed by atoms with Crippen molar-refractivity contribution in [1.29, 1.82) is 0 Å². The van der Waals surface area contributed by atoms with Crippen molar-refractivity contribution in [3.05, 3.63) is 0 Å². The van der Waals surface area contributed by atoms with Crippen LogP contribution in [0.2, 0.25) is 0 Å². The standard InChI is InChI=1S/C8H16O2.C7H14O4/c1-2-3-4-5-6-7-8(9)10;1-2-3-7(10)11-5-6(9)4-8/h2-7H2,1H3,(H,9,10);6,8-9H,2-5H2,1H3. The zero-order valence-electron chi connectivity index (χ0n) is 13.2.